The molecular weight excluding hydrogens is 298 g/mol. The Labute approximate surface area is 128 Å². The molecule has 0 aromatic heterocycles. The third-order valence-electron chi connectivity index (χ3n) is 2.85. The quantitative estimate of drug-likeness (QED) is 0.871. The van der Waals surface area contributed by atoms with E-state index in [0.717, 1.165) is 16.9 Å². The zero-order valence-corrected chi connectivity index (χ0v) is 12.8. The summed E-state index contributed by atoms with van der Waals surface area (Å²) in [6, 6.07) is 10.1. The maximum absolute atomic E-state index is 13.3. The Hall–Kier alpha value is -1.45. The van der Waals surface area contributed by atoms with Gasteiger partial charge in [0.1, 0.15) is 5.82 Å². The SMILES string of the molecule is CN(C)c1ccc(Cl)cc1NCc1cc(F)cc(Cl)c1. The van der Waals surface area contributed by atoms with Crippen molar-refractivity contribution in [2.45, 2.75) is 6.54 Å². The van der Waals surface area contributed by atoms with Crippen LogP contribution in [0.5, 0.6) is 0 Å². The highest BCUT2D eigenvalue weighted by molar-refractivity contribution is 6.31. The summed E-state index contributed by atoms with van der Waals surface area (Å²) < 4.78 is 13.3. The highest BCUT2D eigenvalue weighted by Crippen LogP contribution is 2.28. The van der Waals surface area contributed by atoms with E-state index in [1.807, 2.05) is 37.2 Å². The Morgan fingerprint density at radius 2 is 1.80 bits per heavy atom. The minimum atomic E-state index is -0.340. The predicted octanol–water partition coefficient (Wildman–Crippen LogP) is 4.81. The van der Waals surface area contributed by atoms with Crippen LogP contribution in [0.25, 0.3) is 0 Å². The minimum Gasteiger partial charge on any atom is -0.379 e. The van der Waals surface area contributed by atoms with Crippen LogP contribution in [0.15, 0.2) is 36.4 Å². The molecule has 0 aliphatic rings. The van der Waals surface area contributed by atoms with E-state index in [-0.39, 0.29) is 5.82 Å². The lowest BCUT2D eigenvalue weighted by atomic mass is 10.2. The Balaban J connectivity index is 2.20. The standard InChI is InChI=1S/C15H15Cl2FN2/c1-20(2)15-4-3-11(16)8-14(15)19-9-10-5-12(17)7-13(18)6-10/h3-8,19H,9H2,1-2H3. The Kier molecular flexibility index (Phi) is 4.73. The molecule has 0 atom stereocenters. The smallest absolute Gasteiger partial charge is 0.125 e. The fraction of sp³-hybridized carbons (Fsp3) is 0.200. The van der Waals surface area contributed by atoms with Crippen LogP contribution in [0.2, 0.25) is 10.0 Å². The molecular formula is C15H15Cl2FN2. The zero-order chi connectivity index (χ0) is 14.7. The minimum absolute atomic E-state index is 0.340. The molecule has 0 amide bonds. The largest absolute Gasteiger partial charge is 0.379 e. The second-order valence-electron chi connectivity index (χ2n) is 4.69. The van der Waals surface area contributed by atoms with Crippen LogP contribution in [-0.2, 0) is 6.54 Å². The first-order valence-corrected chi connectivity index (χ1v) is 6.87. The first-order chi connectivity index (χ1) is 9.45. The number of nitrogens with one attached hydrogen (secondary N) is 1. The topological polar surface area (TPSA) is 15.3 Å². The van der Waals surface area contributed by atoms with Crippen molar-refractivity contribution in [2.75, 3.05) is 24.3 Å². The van der Waals surface area contributed by atoms with Crippen LogP contribution < -0.4 is 10.2 Å². The summed E-state index contributed by atoms with van der Waals surface area (Å²) in [7, 11) is 3.90. The summed E-state index contributed by atoms with van der Waals surface area (Å²) in [5.74, 6) is -0.340. The number of rotatable bonds is 4. The van der Waals surface area contributed by atoms with Gasteiger partial charge < -0.3 is 10.2 Å². The van der Waals surface area contributed by atoms with E-state index >= 15 is 0 Å². The maximum atomic E-state index is 13.3. The van der Waals surface area contributed by atoms with Gasteiger partial charge >= 0.3 is 0 Å². The van der Waals surface area contributed by atoms with Crippen molar-refractivity contribution in [3.05, 3.63) is 57.8 Å². The van der Waals surface area contributed by atoms with Gasteiger partial charge in [-0.3, -0.25) is 0 Å². The summed E-state index contributed by atoms with van der Waals surface area (Å²) in [6.07, 6.45) is 0. The number of nitrogens with zero attached hydrogens (tertiary/aromatic N) is 1. The summed E-state index contributed by atoms with van der Waals surface area (Å²) in [5.41, 5.74) is 2.68. The monoisotopic (exact) mass is 312 g/mol. The third kappa shape index (κ3) is 3.78. The summed E-state index contributed by atoms with van der Waals surface area (Å²) in [5, 5.41) is 4.29. The molecule has 0 saturated heterocycles. The fourth-order valence-electron chi connectivity index (χ4n) is 1.95. The van der Waals surface area contributed by atoms with Crippen LogP contribution in [0, 0.1) is 5.82 Å². The molecule has 0 radical (unpaired) electrons. The van der Waals surface area contributed by atoms with Crippen molar-refractivity contribution in [1.82, 2.24) is 0 Å². The summed E-state index contributed by atoms with van der Waals surface area (Å²) >= 11 is 11.9. The van der Waals surface area contributed by atoms with Gasteiger partial charge in [0.05, 0.1) is 11.4 Å². The van der Waals surface area contributed by atoms with Gasteiger partial charge in [0, 0.05) is 30.7 Å². The fourth-order valence-corrected chi connectivity index (χ4v) is 2.37. The molecule has 0 saturated carbocycles. The number of anilines is 2. The molecule has 2 aromatic carbocycles. The van der Waals surface area contributed by atoms with Gasteiger partial charge in [0.2, 0.25) is 0 Å². The lowest BCUT2D eigenvalue weighted by molar-refractivity contribution is 0.626. The Bertz CT molecular complexity index is 595. The van der Waals surface area contributed by atoms with Gasteiger partial charge in [0.25, 0.3) is 0 Å². The molecule has 0 bridgehead atoms. The van der Waals surface area contributed by atoms with E-state index in [1.165, 1.54) is 12.1 Å². The van der Waals surface area contributed by atoms with Crippen molar-refractivity contribution < 1.29 is 4.39 Å². The van der Waals surface area contributed by atoms with Gasteiger partial charge in [-0.15, -0.1) is 0 Å². The number of hydrogen-bond donors (Lipinski definition) is 1. The Morgan fingerprint density at radius 3 is 2.45 bits per heavy atom. The van der Waals surface area contributed by atoms with E-state index in [1.54, 1.807) is 6.07 Å². The second-order valence-corrected chi connectivity index (χ2v) is 5.56. The van der Waals surface area contributed by atoms with Gasteiger partial charge in [-0.2, -0.15) is 0 Å². The van der Waals surface area contributed by atoms with E-state index in [4.69, 9.17) is 23.2 Å². The lowest BCUT2D eigenvalue weighted by Gasteiger charge is -2.19. The molecule has 106 valence electrons. The first-order valence-electron chi connectivity index (χ1n) is 6.11. The molecule has 0 fully saturated rings. The Morgan fingerprint density at radius 1 is 1.05 bits per heavy atom. The van der Waals surface area contributed by atoms with Crippen LogP contribution in [0.1, 0.15) is 5.56 Å². The molecule has 0 aliphatic heterocycles. The molecule has 0 spiro atoms. The van der Waals surface area contributed by atoms with Crippen LogP contribution in [0.4, 0.5) is 15.8 Å². The van der Waals surface area contributed by atoms with Gasteiger partial charge in [-0.25, -0.2) is 4.39 Å². The van der Waals surface area contributed by atoms with Gasteiger partial charge in [-0.05, 0) is 42.0 Å². The number of benzene rings is 2. The molecule has 1 N–H and O–H groups in total. The molecule has 2 aromatic rings. The van der Waals surface area contributed by atoms with Crippen molar-refractivity contribution >= 4 is 34.6 Å². The van der Waals surface area contributed by atoms with Crippen molar-refractivity contribution in [3.8, 4) is 0 Å². The van der Waals surface area contributed by atoms with Crippen molar-refractivity contribution in [1.29, 1.82) is 0 Å². The van der Waals surface area contributed by atoms with Gasteiger partial charge in [-0.1, -0.05) is 23.2 Å². The van der Waals surface area contributed by atoms with Crippen molar-refractivity contribution in [3.63, 3.8) is 0 Å². The molecule has 0 heterocycles. The van der Waals surface area contributed by atoms with Crippen LogP contribution in [0.3, 0.4) is 0 Å². The van der Waals surface area contributed by atoms with E-state index in [2.05, 4.69) is 5.32 Å². The molecule has 0 aliphatic carbocycles. The van der Waals surface area contributed by atoms with Crippen molar-refractivity contribution in [2.24, 2.45) is 0 Å². The van der Waals surface area contributed by atoms with E-state index in [9.17, 15) is 4.39 Å². The normalized spacial score (nSPS) is 10.4. The molecule has 2 nitrogen and oxygen atoms in total. The lowest BCUT2D eigenvalue weighted by Crippen LogP contribution is -2.12. The van der Waals surface area contributed by atoms with Crippen LogP contribution >= 0.6 is 23.2 Å². The average molecular weight is 313 g/mol. The molecule has 20 heavy (non-hydrogen) atoms. The summed E-state index contributed by atoms with van der Waals surface area (Å²) in [4.78, 5) is 1.98. The average Bonchev–Trinajstić information content (AvgIpc) is 2.35. The molecule has 5 heteroatoms. The number of halogens is 3. The second kappa shape index (κ2) is 6.33. The summed E-state index contributed by atoms with van der Waals surface area (Å²) in [6.45, 7) is 0.471. The first kappa shape index (κ1) is 14.9. The molecule has 0 unspecified atom stereocenters. The van der Waals surface area contributed by atoms with Gasteiger partial charge in [0.15, 0.2) is 0 Å². The zero-order valence-electron chi connectivity index (χ0n) is 11.3. The molecule has 2 rings (SSSR count). The van der Waals surface area contributed by atoms with E-state index in [0.29, 0.717) is 16.6 Å². The maximum Gasteiger partial charge on any atom is 0.125 e. The van der Waals surface area contributed by atoms with Crippen LogP contribution in [-0.4, -0.2) is 14.1 Å². The third-order valence-corrected chi connectivity index (χ3v) is 3.30. The number of hydrogen-bond acceptors (Lipinski definition) is 2. The van der Waals surface area contributed by atoms with E-state index < -0.39 is 0 Å². The highest BCUT2D eigenvalue weighted by Gasteiger charge is 2.06. The predicted molar refractivity (Wildman–Crippen MR) is 84.5 cm³/mol. The highest BCUT2D eigenvalue weighted by atomic mass is 35.5.